The van der Waals surface area contributed by atoms with Gasteiger partial charge in [0.2, 0.25) is 0 Å². The summed E-state index contributed by atoms with van der Waals surface area (Å²) in [6.07, 6.45) is 1.37. The van der Waals surface area contributed by atoms with Crippen LogP contribution in [0.2, 0.25) is 0 Å². The van der Waals surface area contributed by atoms with Crippen LogP contribution in [0.1, 0.15) is 27.9 Å². The number of benzene rings is 1. The first-order valence-electron chi connectivity index (χ1n) is 8.04. The molecule has 2 aromatic heterocycles. The van der Waals surface area contributed by atoms with E-state index in [2.05, 4.69) is 15.3 Å². The van der Waals surface area contributed by atoms with Gasteiger partial charge in [-0.2, -0.15) is 0 Å². The predicted octanol–water partition coefficient (Wildman–Crippen LogP) is 1.26. The van der Waals surface area contributed by atoms with Crippen LogP contribution in [0.15, 0.2) is 42.7 Å². The van der Waals surface area contributed by atoms with Crippen molar-refractivity contribution in [1.82, 2.24) is 19.7 Å². The van der Waals surface area contributed by atoms with Crippen molar-refractivity contribution in [2.75, 3.05) is 13.7 Å². The zero-order chi connectivity index (χ0) is 18.7. The molecule has 3 rings (SSSR count). The highest BCUT2D eigenvalue weighted by Crippen LogP contribution is 2.21. The van der Waals surface area contributed by atoms with E-state index in [9.17, 15) is 9.59 Å². The molecule has 8 heteroatoms. The molecule has 2 heterocycles. The number of carbonyl (C=O) groups is 2. The molecule has 0 radical (unpaired) electrons. The van der Waals surface area contributed by atoms with Crippen molar-refractivity contribution in [2.24, 2.45) is 5.73 Å². The van der Waals surface area contributed by atoms with Crippen molar-refractivity contribution >= 4 is 17.5 Å². The molecule has 0 saturated heterocycles. The number of amides is 2. The molecule has 0 saturated carbocycles. The van der Waals surface area contributed by atoms with Gasteiger partial charge < -0.3 is 15.8 Å². The van der Waals surface area contributed by atoms with Crippen LogP contribution in [0.5, 0.6) is 0 Å². The number of imidazole rings is 1. The van der Waals surface area contributed by atoms with Crippen molar-refractivity contribution in [1.29, 1.82) is 0 Å². The molecular weight excluding hydrogens is 334 g/mol. The molecule has 2 amide bonds. The van der Waals surface area contributed by atoms with Gasteiger partial charge in [-0.1, -0.05) is 30.3 Å². The Bertz CT molecular complexity index is 952. The summed E-state index contributed by atoms with van der Waals surface area (Å²) in [6, 6.07) is 10.8. The van der Waals surface area contributed by atoms with E-state index in [0.717, 1.165) is 5.56 Å². The van der Waals surface area contributed by atoms with Crippen LogP contribution in [-0.4, -0.2) is 45.9 Å². The van der Waals surface area contributed by atoms with Gasteiger partial charge >= 0.3 is 0 Å². The maximum absolute atomic E-state index is 12.7. The number of nitrogens with two attached hydrogens (primary N) is 1. The van der Waals surface area contributed by atoms with Gasteiger partial charge in [-0.15, -0.1) is 0 Å². The maximum atomic E-state index is 12.7. The van der Waals surface area contributed by atoms with Gasteiger partial charge in [0.25, 0.3) is 11.8 Å². The Labute approximate surface area is 150 Å². The summed E-state index contributed by atoms with van der Waals surface area (Å²) in [7, 11) is 1.57. The Morgan fingerprint density at radius 1 is 1.31 bits per heavy atom. The first kappa shape index (κ1) is 17.6. The third-order valence-electron chi connectivity index (χ3n) is 3.83. The second-order valence-electron chi connectivity index (χ2n) is 5.87. The lowest BCUT2D eigenvalue weighted by atomic mass is 10.1. The van der Waals surface area contributed by atoms with Crippen molar-refractivity contribution in [3.05, 3.63) is 54.1 Å². The standard InChI is InChI=1S/C18H19N5O3/c1-11(9-26-2)21-18(25)14-8-13(12-6-4-3-5-7-12)22-17-15(16(19)24)20-10-23(14)17/h3-8,10-11H,9H2,1-2H3,(H2,19,24)(H,21,25)/t11-/m1/s1. The largest absolute Gasteiger partial charge is 0.383 e. The first-order chi connectivity index (χ1) is 12.5. The van der Waals surface area contributed by atoms with Crippen LogP contribution in [-0.2, 0) is 4.74 Å². The number of hydrogen-bond acceptors (Lipinski definition) is 5. The van der Waals surface area contributed by atoms with Gasteiger partial charge in [-0.05, 0) is 13.0 Å². The van der Waals surface area contributed by atoms with Gasteiger partial charge in [0.1, 0.15) is 12.0 Å². The van der Waals surface area contributed by atoms with E-state index in [1.165, 1.54) is 10.7 Å². The fourth-order valence-electron chi connectivity index (χ4n) is 2.67. The van der Waals surface area contributed by atoms with Crippen molar-refractivity contribution < 1.29 is 14.3 Å². The maximum Gasteiger partial charge on any atom is 0.271 e. The molecule has 3 N–H and O–H groups in total. The molecule has 0 spiro atoms. The lowest BCUT2D eigenvalue weighted by molar-refractivity contribution is 0.0898. The molecule has 1 atom stereocenters. The van der Waals surface area contributed by atoms with Crippen molar-refractivity contribution in [3.63, 3.8) is 0 Å². The van der Waals surface area contributed by atoms with Crippen LogP contribution in [0.25, 0.3) is 16.9 Å². The summed E-state index contributed by atoms with van der Waals surface area (Å²) in [5, 5.41) is 2.85. The highest BCUT2D eigenvalue weighted by Gasteiger charge is 2.20. The minimum absolute atomic E-state index is 0.0155. The SMILES string of the molecule is COC[C@@H](C)NC(=O)c1cc(-c2ccccc2)nc2c(C(N)=O)ncn12. The van der Waals surface area contributed by atoms with Crippen molar-refractivity contribution in [2.45, 2.75) is 13.0 Å². The summed E-state index contributed by atoms with van der Waals surface area (Å²) >= 11 is 0. The Balaban J connectivity index is 2.14. The Hall–Kier alpha value is -3.26. The molecule has 0 fully saturated rings. The first-order valence-corrected chi connectivity index (χ1v) is 8.04. The third-order valence-corrected chi connectivity index (χ3v) is 3.83. The number of fused-ring (bicyclic) bond motifs is 1. The second kappa shape index (κ2) is 7.32. The smallest absolute Gasteiger partial charge is 0.271 e. The number of nitrogens with zero attached hydrogens (tertiary/aromatic N) is 3. The lowest BCUT2D eigenvalue weighted by Gasteiger charge is -2.14. The highest BCUT2D eigenvalue weighted by molar-refractivity contribution is 5.99. The van der Waals surface area contributed by atoms with E-state index in [1.54, 1.807) is 13.2 Å². The van der Waals surface area contributed by atoms with Crippen LogP contribution in [0, 0.1) is 0 Å². The van der Waals surface area contributed by atoms with Crippen LogP contribution in [0.3, 0.4) is 0 Å². The molecular formula is C18H19N5O3. The number of methoxy groups -OCH3 is 1. The fourth-order valence-corrected chi connectivity index (χ4v) is 2.67. The molecule has 3 aromatic rings. The molecule has 0 unspecified atom stereocenters. The number of ether oxygens (including phenoxy) is 1. The molecule has 0 bridgehead atoms. The fraction of sp³-hybridized carbons (Fsp3) is 0.222. The number of aromatic nitrogens is 3. The summed E-state index contributed by atoms with van der Waals surface area (Å²) in [6.45, 7) is 2.21. The predicted molar refractivity (Wildman–Crippen MR) is 95.7 cm³/mol. The molecule has 0 aliphatic heterocycles. The summed E-state index contributed by atoms with van der Waals surface area (Å²) in [5.74, 6) is -1.03. The highest BCUT2D eigenvalue weighted by atomic mass is 16.5. The number of primary amides is 1. The number of carbonyl (C=O) groups excluding carboxylic acids is 2. The van der Waals surface area contributed by atoms with E-state index in [-0.39, 0.29) is 23.3 Å². The van der Waals surface area contributed by atoms with Gasteiger partial charge in [0.05, 0.1) is 12.3 Å². The van der Waals surface area contributed by atoms with Crippen LogP contribution in [0.4, 0.5) is 0 Å². The number of hydrogen-bond donors (Lipinski definition) is 2. The quantitative estimate of drug-likeness (QED) is 0.693. The van der Waals surface area contributed by atoms with Gasteiger partial charge in [-0.3, -0.25) is 14.0 Å². The van der Waals surface area contributed by atoms with E-state index in [1.807, 2.05) is 37.3 Å². The number of rotatable bonds is 6. The molecule has 0 aliphatic rings. The zero-order valence-corrected chi connectivity index (χ0v) is 14.5. The van der Waals surface area contributed by atoms with Crippen LogP contribution >= 0.6 is 0 Å². The Morgan fingerprint density at radius 3 is 2.69 bits per heavy atom. The molecule has 0 aliphatic carbocycles. The molecule has 8 nitrogen and oxygen atoms in total. The number of nitrogens with one attached hydrogen (secondary N) is 1. The van der Waals surface area contributed by atoms with E-state index < -0.39 is 5.91 Å². The summed E-state index contributed by atoms with van der Waals surface area (Å²) < 4.78 is 6.51. The van der Waals surface area contributed by atoms with Gasteiger partial charge in [0.15, 0.2) is 11.3 Å². The van der Waals surface area contributed by atoms with Gasteiger partial charge in [0, 0.05) is 18.7 Å². The van der Waals surface area contributed by atoms with E-state index >= 15 is 0 Å². The van der Waals surface area contributed by atoms with Crippen LogP contribution < -0.4 is 11.1 Å². The average molecular weight is 353 g/mol. The lowest BCUT2D eigenvalue weighted by Crippen LogP contribution is -2.36. The minimum Gasteiger partial charge on any atom is -0.383 e. The summed E-state index contributed by atoms with van der Waals surface area (Å²) in [4.78, 5) is 32.9. The molecule has 26 heavy (non-hydrogen) atoms. The Morgan fingerprint density at radius 2 is 2.04 bits per heavy atom. The Kier molecular flexibility index (Phi) is 4.94. The molecule has 134 valence electrons. The van der Waals surface area contributed by atoms with Crippen molar-refractivity contribution in [3.8, 4) is 11.3 Å². The zero-order valence-electron chi connectivity index (χ0n) is 14.5. The van der Waals surface area contributed by atoms with Gasteiger partial charge in [-0.25, -0.2) is 9.97 Å². The molecule has 1 aromatic carbocycles. The van der Waals surface area contributed by atoms with E-state index in [4.69, 9.17) is 10.5 Å². The normalized spacial score (nSPS) is 12.1. The topological polar surface area (TPSA) is 112 Å². The summed E-state index contributed by atoms with van der Waals surface area (Å²) in [5.41, 5.74) is 7.30. The minimum atomic E-state index is -0.704. The average Bonchev–Trinajstić information content (AvgIpc) is 3.06. The van der Waals surface area contributed by atoms with E-state index in [0.29, 0.717) is 18.0 Å². The monoisotopic (exact) mass is 353 g/mol. The third kappa shape index (κ3) is 3.40. The second-order valence-corrected chi connectivity index (χ2v) is 5.87.